The van der Waals surface area contributed by atoms with E-state index in [-0.39, 0.29) is 5.92 Å². The third-order valence-corrected chi connectivity index (χ3v) is 4.76. The third kappa shape index (κ3) is 3.61. The van der Waals surface area contributed by atoms with Gasteiger partial charge in [-0.05, 0) is 56.8 Å². The fourth-order valence-electron chi connectivity index (χ4n) is 3.29. The van der Waals surface area contributed by atoms with Crippen molar-refractivity contribution in [2.75, 3.05) is 13.7 Å². The highest BCUT2D eigenvalue weighted by Gasteiger charge is 2.36. The number of hydrogen-bond donors (Lipinski definition) is 1. The second-order valence-corrected chi connectivity index (χ2v) is 6.62. The number of carbonyl (C=O) groups excluding carboxylic acids is 1. The zero-order valence-corrected chi connectivity index (χ0v) is 13.5. The van der Waals surface area contributed by atoms with Crippen LogP contribution < -0.4 is 10.1 Å². The maximum atomic E-state index is 12.9. The minimum Gasteiger partial charge on any atom is -0.497 e. The van der Waals surface area contributed by atoms with Crippen LogP contribution in [0.5, 0.6) is 5.75 Å². The van der Waals surface area contributed by atoms with E-state index in [4.69, 9.17) is 4.74 Å². The third-order valence-electron chi connectivity index (χ3n) is 4.76. The van der Waals surface area contributed by atoms with E-state index in [9.17, 15) is 4.79 Å². The van der Waals surface area contributed by atoms with Gasteiger partial charge in [-0.25, -0.2) is 0 Å². The standard InChI is InChI=1S/C18H26N2O2/c1-13-11-15(9-10-19-13)18(21)20(16-5-6-16)12-14-3-7-17(22-2)8-4-14/h3-4,7-8,13,15-16,19H,5-6,9-12H2,1-2H3/t13-,15-/m0/s1. The van der Waals surface area contributed by atoms with Gasteiger partial charge < -0.3 is 15.0 Å². The molecule has 1 saturated carbocycles. The first kappa shape index (κ1) is 15.3. The molecular weight excluding hydrogens is 276 g/mol. The summed E-state index contributed by atoms with van der Waals surface area (Å²) < 4.78 is 5.20. The van der Waals surface area contributed by atoms with Crippen molar-refractivity contribution >= 4 is 5.91 Å². The van der Waals surface area contributed by atoms with Crippen LogP contribution in [0.25, 0.3) is 0 Å². The van der Waals surface area contributed by atoms with Gasteiger partial charge in [-0.3, -0.25) is 4.79 Å². The van der Waals surface area contributed by atoms with Crippen LogP contribution in [0.15, 0.2) is 24.3 Å². The summed E-state index contributed by atoms with van der Waals surface area (Å²) in [7, 11) is 1.67. The fourth-order valence-corrected chi connectivity index (χ4v) is 3.29. The Labute approximate surface area is 132 Å². The molecule has 120 valence electrons. The Balaban J connectivity index is 1.67. The number of benzene rings is 1. The molecule has 0 aromatic heterocycles. The van der Waals surface area contributed by atoms with E-state index in [1.54, 1.807) is 7.11 Å². The van der Waals surface area contributed by atoms with Crippen LogP contribution in [0, 0.1) is 5.92 Å². The second-order valence-electron chi connectivity index (χ2n) is 6.62. The van der Waals surface area contributed by atoms with Crippen LogP contribution in [0.1, 0.15) is 38.2 Å². The molecule has 1 saturated heterocycles. The van der Waals surface area contributed by atoms with Crippen molar-refractivity contribution in [3.8, 4) is 5.75 Å². The van der Waals surface area contributed by atoms with Crippen molar-refractivity contribution in [1.29, 1.82) is 0 Å². The van der Waals surface area contributed by atoms with Gasteiger partial charge >= 0.3 is 0 Å². The molecule has 0 radical (unpaired) electrons. The predicted molar refractivity (Wildman–Crippen MR) is 86.8 cm³/mol. The van der Waals surface area contributed by atoms with E-state index >= 15 is 0 Å². The largest absolute Gasteiger partial charge is 0.497 e. The summed E-state index contributed by atoms with van der Waals surface area (Å²) >= 11 is 0. The van der Waals surface area contributed by atoms with Crippen LogP contribution >= 0.6 is 0 Å². The number of ether oxygens (including phenoxy) is 1. The van der Waals surface area contributed by atoms with Crippen molar-refractivity contribution in [3.63, 3.8) is 0 Å². The summed E-state index contributed by atoms with van der Waals surface area (Å²) in [6.45, 7) is 3.86. The Morgan fingerprint density at radius 1 is 1.27 bits per heavy atom. The molecule has 0 unspecified atom stereocenters. The van der Waals surface area contributed by atoms with E-state index in [2.05, 4.69) is 29.3 Å². The molecule has 1 amide bonds. The first-order valence-electron chi connectivity index (χ1n) is 8.34. The fraction of sp³-hybridized carbons (Fsp3) is 0.611. The van der Waals surface area contributed by atoms with Gasteiger partial charge in [0, 0.05) is 24.5 Å². The number of rotatable bonds is 5. The Hall–Kier alpha value is -1.55. The van der Waals surface area contributed by atoms with Gasteiger partial charge in [0.2, 0.25) is 5.91 Å². The number of nitrogens with zero attached hydrogens (tertiary/aromatic N) is 1. The second kappa shape index (κ2) is 6.69. The molecule has 2 atom stereocenters. The highest BCUT2D eigenvalue weighted by atomic mass is 16.5. The lowest BCUT2D eigenvalue weighted by atomic mass is 9.91. The first-order valence-corrected chi connectivity index (χ1v) is 8.34. The van der Waals surface area contributed by atoms with Crippen molar-refractivity contribution in [2.45, 2.75) is 51.2 Å². The monoisotopic (exact) mass is 302 g/mol. The SMILES string of the molecule is COc1ccc(CN(C(=O)[C@H]2CCN[C@@H](C)C2)C2CC2)cc1. The van der Waals surface area contributed by atoms with E-state index in [0.29, 0.717) is 18.0 Å². The summed E-state index contributed by atoms with van der Waals surface area (Å²) in [5, 5.41) is 3.43. The molecule has 1 heterocycles. The molecule has 2 fully saturated rings. The number of carbonyl (C=O) groups is 1. The van der Waals surface area contributed by atoms with Crippen LogP contribution in [0.2, 0.25) is 0 Å². The molecule has 0 bridgehead atoms. The predicted octanol–water partition coefficient (Wildman–Crippen LogP) is 2.57. The topological polar surface area (TPSA) is 41.6 Å². The van der Waals surface area contributed by atoms with Crippen LogP contribution in [-0.2, 0) is 11.3 Å². The number of nitrogens with one attached hydrogen (secondary N) is 1. The van der Waals surface area contributed by atoms with Gasteiger partial charge in [0.1, 0.15) is 5.75 Å². The van der Waals surface area contributed by atoms with Gasteiger partial charge in [-0.2, -0.15) is 0 Å². The van der Waals surface area contributed by atoms with Gasteiger partial charge in [-0.1, -0.05) is 12.1 Å². The van der Waals surface area contributed by atoms with E-state index < -0.39 is 0 Å². The molecule has 4 heteroatoms. The van der Waals surface area contributed by atoms with Crippen molar-refractivity contribution < 1.29 is 9.53 Å². The molecule has 22 heavy (non-hydrogen) atoms. The lowest BCUT2D eigenvalue weighted by Crippen LogP contribution is -2.44. The van der Waals surface area contributed by atoms with Crippen molar-refractivity contribution in [1.82, 2.24) is 10.2 Å². The highest BCUT2D eigenvalue weighted by molar-refractivity contribution is 5.79. The molecule has 1 aromatic carbocycles. The summed E-state index contributed by atoms with van der Waals surface area (Å²) in [6, 6.07) is 8.97. The van der Waals surface area contributed by atoms with Gasteiger partial charge in [0.05, 0.1) is 7.11 Å². The summed E-state index contributed by atoms with van der Waals surface area (Å²) in [5.41, 5.74) is 1.18. The maximum Gasteiger partial charge on any atom is 0.226 e. The summed E-state index contributed by atoms with van der Waals surface area (Å²) in [5.74, 6) is 1.40. The smallest absolute Gasteiger partial charge is 0.226 e. The number of amides is 1. The van der Waals surface area contributed by atoms with E-state index in [1.807, 2.05) is 12.1 Å². The number of methoxy groups -OCH3 is 1. The van der Waals surface area contributed by atoms with Crippen LogP contribution in [0.4, 0.5) is 0 Å². The Morgan fingerprint density at radius 3 is 2.59 bits per heavy atom. The maximum absolute atomic E-state index is 12.9. The molecule has 4 nitrogen and oxygen atoms in total. The minimum atomic E-state index is 0.190. The number of hydrogen-bond acceptors (Lipinski definition) is 3. The summed E-state index contributed by atoms with van der Waals surface area (Å²) in [6.07, 6.45) is 4.24. The molecular formula is C18H26N2O2. The Morgan fingerprint density at radius 2 is 2.00 bits per heavy atom. The average molecular weight is 302 g/mol. The first-order chi connectivity index (χ1) is 10.7. The normalized spacial score (nSPS) is 24.8. The Kier molecular flexibility index (Phi) is 4.67. The van der Waals surface area contributed by atoms with Crippen LogP contribution in [0.3, 0.4) is 0 Å². The molecule has 1 aromatic rings. The molecule has 1 N–H and O–H groups in total. The lowest BCUT2D eigenvalue weighted by Gasteiger charge is -2.32. The minimum absolute atomic E-state index is 0.190. The van der Waals surface area contributed by atoms with E-state index in [0.717, 1.165) is 44.5 Å². The summed E-state index contributed by atoms with van der Waals surface area (Å²) in [4.78, 5) is 15.0. The quantitative estimate of drug-likeness (QED) is 0.909. The van der Waals surface area contributed by atoms with E-state index in [1.165, 1.54) is 5.56 Å². The van der Waals surface area contributed by atoms with Gasteiger partial charge in [0.15, 0.2) is 0 Å². The molecule has 1 aliphatic heterocycles. The molecule has 1 aliphatic carbocycles. The molecule has 3 rings (SSSR count). The molecule has 2 aliphatic rings. The van der Waals surface area contributed by atoms with Gasteiger partial charge in [-0.15, -0.1) is 0 Å². The van der Waals surface area contributed by atoms with Crippen LogP contribution in [-0.4, -0.2) is 36.5 Å². The Bertz CT molecular complexity index is 510. The van der Waals surface area contributed by atoms with Crippen molar-refractivity contribution in [3.05, 3.63) is 29.8 Å². The average Bonchev–Trinajstić information content (AvgIpc) is 3.37. The van der Waals surface area contributed by atoms with Gasteiger partial charge in [0.25, 0.3) is 0 Å². The lowest BCUT2D eigenvalue weighted by molar-refractivity contribution is -0.138. The zero-order chi connectivity index (χ0) is 15.5. The highest BCUT2D eigenvalue weighted by Crippen LogP contribution is 2.32. The number of piperidine rings is 1. The zero-order valence-electron chi connectivity index (χ0n) is 13.5. The molecule has 0 spiro atoms. The van der Waals surface area contributed by atoms with Crippen molar-refractivity contribution in [2.24, 2.45) is 5.92 Å².